The molecule has 1 saturated carbocycles. The Morgan fingerprint density at radius 2 is 2.18 bits per heavy atom. The molecule has 0 heterocycles. The maximum Gasteiger partial charge on any atom is 0.295 e. The third-order valence-corrected chi connectivity index (χ3v) is 3.70. The van der Waals surface area contributed by atoms with Crippen molar-refractivity contribution in [1.82, 2.24) is 4.72 Å². The van der Waals surface area contributed by atoms with Gasteiger partial charge in [-0.2, -0.15) is 0 Å². The molecular formula is C13H22N2OS. The predicted molar refractivity (Wildman–Crippen MR) is 74.9 cm³/mol. The molecule has 1 N–H and O–H groups in total. The molecule has 0 bridgehead atoms. The van der Waals surface area contributed by atoms with Crippen LogP contribution in [0.2, 0.25) is 0 Å². The summed E-state index contributed by atoms with van der Waals surface area (Å²) in [7, 11) is 1.73. The van der Waals surface area contributed by atoms with Crippen LogP contribution < -0.4 is 4.72 Å². The molecule has 4 heteroatoms. The van der Waals surface area contributed by atoms with E-state index in [-0.39, 0.29) is 0 Å². The summed E-state index contributed by atoms with van der Waals surface area (Å²) >= 11 is 1.69. The summed E-state index contributed by atoms with van der Waals surface area (Å²) in [6.45, 7) is 2.44. The van der Waals surface area contributed by atoms with E-state index in [1.807, 2.05) is 6.92 Å². The van der Waals surface area contributed by atoms with E-state index in [0.717, 1.165) is 18.1 Å². The molecule has 0 aromatic carbocycles. The lowest BCUT2D eigenvalue weighted by molar-refractivity contribution is 0.347. The summed E-state index contributed by atoms with van der Waals surface area (Å²) in [6, 6.07) is 0.582. The van der Waals surface area contributed by atoms with Crippen LogP contribution in [0.5, 0.6) is 0 Å². The molecule has 0 unspecified atom stereocenters. The first-order chi connectivity index (χ1) is 8.36. The summed E-state index contributed by atoms with van der Waals surface area (Å²) in [5.41, 5.74) is 0. The minimum Gasteiger partial charge on any atom is -0.452 e. The summed E-state index contributed by atoms with van der Waals surface area (Å²) in [6.07, 6.45) is 6.39. The third-order valence-electron chi connectivity index (χ3n) is 2.74. The van der Waals surface area contributed by atoms with Gasteiger partial charge in [-0.25, -0.2) is 4.99 Å². The molecular weight excluding hydrogens is 232 g/mol. The Morgan fingerprint density at radius 1 is 1.41 bits per heavy atom. The Balaban J connectivity index is 2.09. The normalized spacial score (nSPS) is 16.5. The molecule has 17 heavy (non-hydrogen) atoms. The summed E-state index contributed by atoms with van der Waals surface area (Å²) in [5, 5.41) is 0. The number of nitrogens with one attached hydrogen (secondary N) is 1. The van der Waals surface area contributed by atoms with Crippen LogP contribution in [-0.2, 0) is 4.74 Å². The van der Waals surface area contributed by atoms with E-state index in [9.17, 15) is 0 Å². The number of ether oxygens (including phenoxy) is 1. The van der Waals surface area contributed by atoms with Crippen molar-refractivity contribution in [3.8, 4) is 11.8 Å². The topological polar surface area (TPSA) is 33.6 Å². The second-order valence-corrected chi connectivity index (χ2v) is 4.91. The lowest BCUT2D eigenvalue weighted by atomic mass is 10.1. The van der Waals surface area contributed by atoms with Gasteiger partial charge in [-0.3, -0.25) is 4.72 Å². The summed E-state index contributed by atoms with van der Waals surface area (Å²) in [5.74, 6) is 7.90. The standard InChI is InChI=1S/C13H22N2OS/c1-3-4-7-10-16-13(14-2)15-17-11-12-8-5-6-9-12/h12H,3,5-6,8-11H2,1-2H3,(H,14,15). The molecule has 0 aromatic rings. The molecule has 0 aromatic heterocycles. The minimum absolute atomic E-state index is 0.414. The molecule has 1 fully saturated rings. The second-order valence-electron chi connectivity index (χ2n) is 4.09. The Labute approximate surface area is 109 Å². The van der Waals surface area contributed by atoms with Crippen LogP contribution >= 0.6 is 11.9 Å². The number of hydrogen-bond donors (Lipinski definition) is 1. The SMILES string of the molecule is CCC#CCOC(=NC)NSCC1CCCC1. The van der Waals surface area contributed by atoms with Crippen LogP contribution in [0, 0.1) is 17.8 Å². The summed E-state index contributed by atoms with van der Waals surface area (Å²) in [4.78, 5) is 4.04. The molecule has 1 aliphatic carbocycles. The van der Waals surface area contributed by atoms with Gasteiger partial charge < -0.3 is 4.74 Å². The Morgan fingerprint density at radius 3 is 2.82 bits per heavy atom. The van der Waals surface area contributed by atoms with E-state index < -0.39 is 0 Å². The van der Waals surface area contributed by atoms with Gasteiger partial charge >= 0.3 is 0 Å². The van der Waals surface area contributed by atoms with Gasteiger partial charge in [0.25, 0.3) is 6.02 Å². The van der Waals surface area contributed by atoms with Crippen LogP contribution in [0.25, 0.3) is 0 Å². The molecule has 3 nitrogen and oxygen atoms in total. The van der Waals surface area contributed by atoms with Gasteiger partial charge in [0.2, 0.25) is 0 Å². The van der Waals surface area contributed by atoms with Gasteiger partial charge in [-0.05, 0) is 30.7 Å². The number of aliphatic imine (C=N–C) groups is 1. The first kappa shape index (κ1) is 14.2. The van der Waals surface area contributed by atoms with Gasteiger partial charge in [-0.1, -0.05) is 25.7 Å². The van der Waals surface area contributed by atoms with Gasteiger partial charge in [0, 0.05) is 19.2 Å². The van der Waals surface area contributed by atoms with E-state index in [4.69, 9.17) is 4.74 Å². The van der Waals surface area contributed by atoms with E-state index in [1.165, 1.54) is 25.7 Å². The zero-order valence-corrected chi connectivity index (χ0v) is 11.6. The molecule has 0 saturated heterocycles. The van der Waals surface area contributed by atoms with Gasteiger partial charge in [0.15, 0.2) is 6.61 Å². The fraction of sp³-hybridized carbons (Fsp3) is 0.769. The van der Waals surface area contributed by atoms with Crippen LogP contribution in [0.3, 0.4) is 0 Å². The molecule has 0 radical (unpaired) electrons. The van der Waals surface area contributed by atoms with E-state index in [0.29, 0.717) is 12.6 Å². The van der Waals surface area contributed by atoms with Crippen molar-refractivity contribution < 1.29 is 4.74 Å². The van der Waals surface area contributed by atoms with Crippen molar-refractivity contribution in [2.45, 2.75) is 39.0 Å². The highest BCUT2D eigenvalue weighted by Crippen LogP contribution is 2.26. The maximum atomic E-state index is 5.40. The first-order valence-electron chi connectivity index (χ1n) is 6.30. The third kappa shape index (κ3) is 6.48. The quantitative estimate of drug-likeness (QED) is 0.362. The molecule has 0 amide bonds. The van der Waals surface area contributed by atoms with Crippen molar-refractivity contribution in [3.63, 3.8) is 0 Å². The number of amidine groups is 1. The van der Waals surface area contributed by atoms with E-state index in [1.54, 1.807) is 19.0 Å². The highest BCUT2D eigenvalue weighted by Gasteiger charge is 2.14. The van der Waals surface area contributed by atoms with Gasteiger partial charge in [0.05, 0.1) is 0 Å². The van der Waals surface area contributed by atoms with E-state index in [2.05, 4.69) is 21.6 Å². The second kappa shape index (κ2) is 9.23. The predicted octanol–water partition coefficient (Wildman–Crippen LogP) is 2.83. The van der Waals surface area contributed by atoms with Crippen molar-refractivity contribution in [2.24, 2.45) is 10.9 Å². The monoisotopic (exact) mass is 254 g/mol. The van der Waals surface area contributed by atoms with Gasteiger partial charge in [0.1, 0.15) is 0 Å². The molecule has 0 atom stereocenters. The van der Waals surface area contributed by atoms with Crippen LogP contribution in [0.15, 0.2) is 4.99 Å². The first-order valence-corrected chi connectivity index (χ1v) is 7.28. The minimum atomic E-state index is 0.414. The maximum absolute atomic E-state index is 5.40. The molecule has 1 aliphatic rings. The van der Waals surface area contributed by atoms with Crippen LogP contribution in [0.4, 0.5) is 0 Å². The van der Waals surface area contributed by atoms with Gasteiger partial charge in [-0.15, -0.1) is 5.92 Å². The molecule has 96 valence electrons. The van der Waals surface area contributed by atoms with Crippen molar-refractivity contribution >= 4 is 18.0 Å². The largest absolute Gasteiger partial charge is 0.452 e. The highest BCUT2D eigenvalue weighted by molar-refractivity contribution is 7.97. The highest BCUT2D eigenvalue weighted by atomic mass is 32.2. The van der Waals surface area contributed by atoms with Crippen molar-refractivity contribution in [3.05, 3.63) is 0 Å². The molecule has 1 rings (SSSR count). The average Bonchev–Trinajstić information content (AvgIpc) is 2.85. The zero-order valence-electron chi connectivity index (χ0n) is 10.8. The molecule has 0 spiro atoms. The van der Waals surface area contributed by atoms with Crippen LogP contribution in [0.1, 0.15) is 39.0 Å². The average molecular weight is 254 g/mol. The zero-order chi connectivity index (χ0) is 12.3. The smallest absolute Gasteiger partial charge is 0.295 e. The number of nitrogens with zero attached hydrogens (tertiary/aromatic N) is 1. The van der Waals surface area contributed by atoms with E-state index >= 15 is 0 Å². The fourth-order valence-electron chi connectivity index (χ4n) is 1.82. The number of hydrogen-bond acceptors (Lipinski definition) is 3. The van der Waals surface area contributed by atoms with Crippen LogP contribution in [-0.4, -0.2) is 25.4 Å². The Kier molecular flexibility index (Phi) is 7.74. The Hall–Kier alpha value is -0.820. The summed E-state index contributed by atoms with van der Waals surface area (Å²) < 4.78 is 8.55. The fourth-order valence-corrected chi connectivity index (χ4v) is 2.74. The number of rotatable bonds is 4. The Bertz CT molecular complexity index is 288. The molecule has 0 aliphatic heterocycles. The lowest BCUT2D eigenvalue weighted by Crippen LogP contribution is -2.21. The lowest BCUT2D eigenvalue weighted by Gasteiger charge is -2.10. The van der Waals surface area contributed by atoms with Crippen molar-refractivity contribution in [1.29, 1.82) is 0 Å². The van der Waals surface area contributed by atoms with Crippen molar-refractivity contribution in [2.75, 3.05) is 19.4 Å².